The van der Waals surface area contributed by atoms with Gasteiger partial charge in [-0.3, -0.25) is 4.79 Å². The van der Waals surface area contributed by atoms with E-state index in [1.807, 2.05) is 42.5 Å². The van der Waals surface area contributed by atoms with E-state index >= 15 is 0 Å². The molecule has 0 saturated carbocycles. The summed E-state index contributed by atoms with van der Waals surface area (Å²) in [5, 5.41) is 5.63. The number of nitrogens with two attached hydrogens (primary N) is 1. The molecular formula is C15H13N3O2. The van der Waals surface area contributed by atoms with Gasteiger partial charge in [0.05, 0.1) is 5.69 Å². The molecule has 5 heteroatoms. The summed E-state index contributed by atoms with van der Waals surface area (Å²) in [7, 11) is 0. The molecule has 20 heavy (non-hydrogen) atoms. The number of amides is 1. The fraction of sp³-hybridized carbons (Fsp3) is 0.0667. The summed E-state index contributed by atoms with van der Waals surface area (Å²) in [4.78, 5) is 11.9. The molecule has 0 radical (unpaired) electrons. The molecule has 3 rings (SSSR count). The van der Waals surface area contributed by atoms with Crippen LogP contribution in [-0.2, 0) is 9.53 Å². The van der Waals surface area contributed by atoms with Crippen molar-refractivity contribution in [2.75, 3.05) is 17.3 Å². The van der Waals surface area contributed by atoms with Gasteiger partial charge in [-0.2, -0.15) is 5.01 Å². The fourth-order valence-corrected chi connectivity index (χ4v) is 1.90. The lowest BCUT2D eigenvalue weighted by Gasteiger charge is -2.23. The molecule has 1 aliphatic rings. The van der Waals surface area contributed by atoms with Crippen LogP contribution in [0.15, 0.2) is 59.7 Å². The summed E-state index contributed by atoms with van der Waals surface area (Å²) in [5.74, 6) is 0.212. The van der Waals surface area contributed by atoms with Crippen LogP contribution in [0.4, 0.5) is 11.4 Å². The normalized spacial score (nSPS) is 14.7. The molecule has 0 spiro atoms. The molecular weight excluding hydrogens is 254 g/mol. The van der Waals surface area contributed by atoms with Crippen LogP contribution in [0, 0.1) is 0 Å². The van der Waals surface area contributed by atoms with Gasteiger partial charge in [-0.1, -0.05) is 18.2 Å². The number of nitrogen functional groups attached to an aromatic ring is 1. The highest BCUT2D eigenvalue weighted by molar-refractivity contribution is 6.04. The molecule has 1 heterocycles. The van der Waals surface area contributed by atoms with Crippen molar-refractivity contribution in [3.05, 3.63) is 60.2 Å². The zero-order valence-corrected chi connectivity index (χ0v) is 10.7. The lowest BCUT2D eigenvalue weighted by Crippen LogP contribution is -2.36. The van der Waals surface area contributed by atoms with Crippen LogP contribution in [0.2, 0.25) is 0 Å². The van der Waals surface area contributed by atoms with E-state index in [1.54, 1.807) is 12.1 Å². The quantitative estimate of drug-likeness (QED) is 0.846. The molecule has 2 N–H and O–H groups in total. The van der Waals surface area contributed by atoms with Crippen molar-refractivity contribution < 1.29 is 9.53 Å². The summed E-state index contributed by atoms with van der Waals surface area (Å²) in [6.45, 7) is -0.0297. The predicted molar refractivity (Wildman–Crippen MR) is 77.3 cm³/mol. The Balaban J connectivity index is 1.96. The molecule has 0 aromatic heterocycles. The number of hydrazone groups is 1. The number of nitrogens with zero attached hydrogens (tertiary/aromatic N) is 2. The van der Waals surface area contributed by atoms with E-state index in [4.69, 9.17) is 10.5 Å². The van der Waals surface area contributed by atoms with Crippen LogP contribution in [0.3, 0.4) is 0 Å². The van der Waals surface area contributed by atoms with Crippen LogP contribution in [0.1, 0.15) is 5.56 Å². The lowest BCUT2D eigenvalue weighted by molar-refractivity contribution is -0.121. The van der Waals surface area contributed by atoms with Crippen LogP contribution < -0.4 is 10.7 Å². The molecule has 1 amide bonds. The van der Waals surface area contributed by atoms with E-state index in [9.17, 15) is 4.79 Å². The average molecular weight is 267 g/mol. The predicted octanol–water partition coefficient (Wildman–Crippen LogP) is 1.99. The second-order valence-corrected chi connectivity index (χ2v) is 4.36. The minimum absolute atomic E-state index is 0.0297. The average Bonchev–Trinajstić information content (AvgIpc) is 2.50. The third kappa shape index (κ3) is 2.33. The number of para-hydroxylation sites is 1. The van der Waals surface area contributed by atoms with Crippen molar-refractivity contribution in [1.82, 2.24) is 0 Å². The maximum atomic E-state index is 11.9. The van der Waals surface area contributed by atoms with Gasteiger partial charge in [0.15, 0.2) is 6.61 Å². The van der Waals surface area contributed by atoms with Crippen molar-refractivity contribution in [3.8, 4) is 0 Å². The van der Waals surface area contributed by atoms with Crippen molar-refractivity contribution >= 4 is 23.2 Å². The van der Waals surface area contributed by atoms with Gasteiger partial charge in [-0.25, -0.2) is 0 Å². The Hall–Kier alpha value is -2.82. The van der Waals surface area contributed by atoms with Crippen LogP contribution in [0.5, 0.6) is 0 Å². The van der Waals surface area contributed by atoms with Gasteiger partial charge in [0.25, 0.3) is 5.91 Å². The van der Waals surface area contributed by atoms with Crippen LogP contribution in [0.25, 0.3) is 0 Å². The molecule has 2 aromatic carbocycles. The Morgan fingerprint density at radius 3 is 2.45 bits per heavy atom. The number of rotatable bonds is 2. The minimum Gasteiger partial charge on any atom is -0.466 e. The SMILES string of the molecule is Nc1ccc(C2=NN(c3ccccc3)C(=O)CO2)cc1. The number of benzene rings is 2. The van der Waals surface area contributed by atoms with Crippen LogP contribution in [-0.4, -0.2) is 18.4 Å². The van der Waals surface area contributed by atoms with Gasteiger partial charge in [0.1, 0.15) is 0 Å². The Labute approximate surface area is 116 Å². The lowest BCUT2D eigenvalue weighted by atomic mass is 10.2. The minimum atomic E-state index is -0.199. The smallest absolute Gasteiger partial charge is 0.285 e. The zero-order valence-electron chi connectivity index (χ0n) is 10.7. The highest BCUT2D eigenvalue weighted by Crippen LogP contribution is 2.19. The van der Waals surface area contributed by atoms with E-state index in [0.29, 0.717) is 17.3 Å². The highest BCUT2D eigenvalue weighted by atomic mass is 16.5. The standard InChI is InChI=1S/C15H13N3O2/c16-12-8-6-11(7-9-12)15-17-18(14(19)10-20-15)13-4-2-1-3-5-13/h1-9H,10,16H2. The summed E-state index contributed by atoms with van der Waals surface area (Å²) in [6.07, 6.45) is 0. The third-order valence-electron chi connectivity index (χ3n) is 2.92. The first-order valence-electron chi connectivity index (χ1n) is 6.19. The third-order valence-corrected chi connectivity index (χ3v) is 2.92. The van der Waals surface area contributed by atoms with E-state index in [2.05, 4.69) is 5.10 Å². The van der Waals surface area contributed by atoms with E-state index in [1.165, 1.54) is 5.01 Å². The van der Waals surface area contributed by atoms with Gasteiger partial charge >= 0.3 is 0 Å². The molecule has 0 bridgehead atoms. The molecule has 0 unspecified atom stereocenters. The second kappa shape index (κ2) is 5.05. The fourth-order valence-electron chi connectivity index (χ4n) is 1.90. The van der Waals surface area contributed by atoms with Gasteiger partial charge in [0, 0.05) is 11.3 Å². The number of ether oxygens (including phenoxy) is 1. The largest absolute Gasteiger partial charge is 0.466 e. The Morgan fingerprint density at radius 1 is 1.05 bits per heavy atom. The molecule has 0 fully saturated rings. The molecule has 100 valence electrons. The maximum absolute atomic E-state index is 11.9. The molecule has 1 aliphatic heterocycles. The molecule has 0 aliphatic carbocycles. The molecule has 5 nitrogen and oxygen atoms in total. The Kier molecular flexibility index (Phi) is 3.09. The van der Waals surface area contributed by atoms with Gasteiger partial charge in [0.2, 0.25) is 5.90 Å². The Bertz CT molecular complexity index is 651. The number of carbonyl (C=O) groups excluding carboxylic acids is 1. The number of hydrogen-bond acceptors (Lipinski definition) is 4. The first-order chi connectivity index (χ1) is 9.74. The van der Waals surface area contributed by atoms with Crippen molar-refractivity contribution in [2.45, 2.75) is 0 Å². The topological polar surface area (TPSA) is 67.9 Å². The maximum Gasteiger partial charge on any atom is 0.285 e. The van der Waals surface area contributed by atoms with E-state index < -0.39 is 0 Å². The Morgan fingerprint density at radius 2 is 1.75 bits per heavy atom. The highest BCUT2D eigenvalue weighted by Gasteiger charge is 2.23. The second-order valence-electron chi connectivity index (χ2n) is 4.36. The summed E-state index contributed by atoms with van der Waals surface area (Å²) < 4.78 is 5.39. The number of carbonyl (C=O) groups is 1. The van der Waals surface area contributed by atoms with Crippen molar-refractivity contribution in [1.29, 1.82) is 0 Å². The molecule has 2 aromatic rings. The first-order valence-corrected chi connectivity index (χ1v) is 6.19. The monoisotopic (exact) mass is 267 g/mol. The molecule has 0 saturated heterocycles. The van der Waals surface area contributed by atoms with Crippen LogP contribution >= 0.6 is 0 Å². The van der Waals surface area contributed by atoms with E-state index in [-0.39, 0.29) is 12.5 Å². The van der Waals surface area contributed by atoms with Gasteiger partial charge < -0.3 is 10.5 Å². The van der Waals surface area contributed by atoms with Gasteiger partial charge in [-0.05, 0) is 36.4 Å². The van der Waals surface area contributed by atoms with E-state index in [0.717, 1.165) is 5.56 Å². The summed E-state index contributed by atoms with van der Waals surface area (Å²) >= 11 is 0. The number of hydrogen-bond donors (Lipinski definition) is 1. The van der Waals surface area contributed by atoms with Crippen molar-refractivity contribution in [2.24, 2.45) is 5.10 Å². The summed E-state index contributed by atoms with van der Waals surface area (Å²) in [6, 6.07) is 16.4. The first kappa shape index (κ1) is 12.2. The zero-order chi connectivity index (χ0) is 13.9. The van der Waals surface area contributed by atoms with Crippen molar-refractivity contribution in [3.63, 3.8) is 0 Å². The summed E-state index contributed by atoms with van der Waals surface area (Å²) in [5.41, 5.74) is 7.82. The number of anilines is 2. The van der Waals surface area contributed by atoms with Gasteiger partial charge in [-0.15, -0.1) is 5.10 Å². The molecule has 0 atom stereocenters.